The number of aryl methyl sites for hydroxylation is 1. The summed E-state index contributed by atoms with van der Waals surface area (Å²) in [5, 5.41) is 11.8. The van der Waals surface area contributed by atoms with Gasteiger partial charge >= 0.3 is 5.97 Å². The van der Waals surface area contributed by atoms with Crippen LogP contribution >= 0.6 is 11.3 Å². The standard InChI is InChI=1S/C22H16F2N2O3S/c1-13-21(22(29)25-12-16-7-8-17(23)11-18(16)24)30-19(26-13)9-6-14-2-4-15(5-3-14)10-20(27)28/h2-5,7-8,11H,10,12H2,1H3,(H,25,29)(H,27,28). The van der Waals surface area contributed by atoms with Crippen LogP contribution in [0.15, 0.2) is 42.5 Å². The second-order valence-corrected chi connectivity index (χ2v) is 7.37. The number of nitrogens with one attached hydrogen (secondary N) is 1. The third-order valence-electron chi connectivity index (χ3n) is 4.08. The van der Waals surface area contributed by atoms with Gasteiger partial charge in [0.1, 0.15) is 16.5 Å². The summed E-state index contributed by atoms with van der Waals surface area (Å²) in [5.74, 6) is 3.09. The molecule has 2 aromatic carbocycles. The lowest BCUT2D eigenvalue weighted by molar-refractivity contribution is -0.136. The fourth-order valence-corrected chi connectivity index (χ4v) is 3.42. The number of hydrogen-bond donors (Lipinski definition) is 2. The van der Waals surface area contributed by atoms with E-state index in [4.69, 9.17) is 5.11 Å². The Bertz CT molecular complexity index is 1160. The second kappa shape index (κ2) is 9.29. The van der Waals surface area contributed by atoms with E-state index in [2.05, 4.69) is 22.1 Å². The molecule has 3 aromatic rings. The molecule has 0 fully saturated rings. The molecule has 0 unspecified atom stereocenters. The highest BCUT2D eigenvalue weighted by Gasteiger charge is 2.15. The maximum Gasteiger partial charge on any atom is 0.307 e. The smallest absolute Gasteiger partial charge is 0.307 e. The Morgan fingerprint density at radius 3 is 2.53 bits per heavy atom. The van der Waals surface area contributed by atoms with Crippen molar-refractivity contribution in [2.24, 2.45) is 0 Å². The minimum absolute atomic E-state index is 0.0559. The molecule has 0 spiro atoms. The van der Waals surface area contributed by atoms with Gasteiger partial charge in [-0.2, -0.15) is 0 Å². The van der Waals surface area contributed by atoms with E-state index in [0.29, 0.717) is 26.7 Å². The first-order valence-corrected chi connectivity index (χ1v) is 9.66. The van der Waals surface area contributed by atoms with Crippen LogP contribution in [0, 0.1) is 30.4 Å². The average molecular weight is 426 g/mol. The maximum atomic E-state index is 13.7. The van der Waals surface area contributed by atoms with Crippen molar-refractivity contribution in [1.82, 2.24) is 10.3 Å². The molecule has 0 aliphatic carbocycles. The summed E-state index contributed by atoms with van der Waals surface area (Å²) < 4.78 is 26.6. The summed E-state index contributed by atoms with van der Waals surface area (Å²) in [6.07, 6.45) is -0.0559. The number of aromatic nitrogens is 1. The van der Waals surface area contributed by atoms with Crippen LogP contribution in [0.5, 0.6) is 0 Å². The molecule has 1 amide bonds. The minimum Gasteiger partial charge on any atom is -0.481 e. The van der Waals surface area contributed by atoms with Crippen molar-refractivity contribution in [3.05, 3.63) is 86.4 Å². The Labute approximate surface area is 175 Å². The quantitative estimate of drug-likeness (QED) is 0.610. The third-order valence-corrected chi connectivity index (χ3v) is 5.15. The van der Waals surface area contributed by atoms with Gasteiger partial charge in [-0.05, 0) is 36.6 Å². The van der Waals surface area contributed by atoms with Crippen LogP contribution in [0.25, 0.3) is 0 Å². The zero-order valence-electron chi connectivity index (χ0n) is 15.8. The highest BCUT2D eigenvalue weighted by atomic mass is 32.1. The number of nitrogens with zero attached hydrogens (tertiary/aromatic N) is 1. The summed E-state index contributed by atoms with van der Waals surface area (Å²) >= 11 is 1.11. The Morgan fingerprint density at radius 2 is 1.87 bits per heavy atom. The van der Waals surface area contributed by atoms with Crippen molar-refractivity contribution < 1.29 is 23.5 Å². The molecular weight excluding hydrogens is 410 g/mol. The molecule has 5 nitrogen and oxygen atoms in total. The van der Waals surface area contributed by atoms with Crippen LogP contribution in [0.2, 0.25) is 0 Å². The van der Waals surface area contributed by atoms with Crippen LogP contribution in [-0.2, 0) is 17.8 Å². The molecular formula is C22H16F2N2O3S. The molecule has 1 aromatic heterocycles. The van der Waals surface area contributed by atoms with E-state index in [1.54, 1.807) is 31.2 Å². The molecule has 0 bridgehead atoms. The molecule has 0 atom stereocenters. The van der Waals surface area contributed by atoms with Gasteiger partial charge in [-0.3, -0.25) is 9.59 Å². The fraction of sp³-hybridized carbons (Fsp3) is 0.136. The molecule has 0 saturated heterocycles. The summed E-state index contributed by atoms with van der Waals surface area (Å²) in [7, 11) is 0. The topological polar surface area (TPSA) is 79.3 Å². The number of carbonyl (C=O) groups excluding carboxylic acids is 1. The number of carboxylic acid groups (broad SMARTS) is 1. The molecule has 0 aliphatic heterocycles. The largest absolute Gasteiger partial charge is 0.481 e. The summed E-state index contributed by atoms with van der Waals surface area (Å²) in [5.41, 5.74) is 2.04. The van der Waals surface area contributed by atoms with E-state index < -0.39 is 23.5 Å². The second-order valence-electron chi connectivity index (χ2n) is 6.37. The van der Waals surface area contributed by atoms with Crippen LogP contribution in [0.3, 0.4) is 0 Å². The summed E-state index contributed by atoms with van der Waals surface area (Å²) in [6, 6.07) is 10.00. The monoisotopic (exact) mass is 426 g/mol. The fourth-order valence-electron chi connectivity index (χ4n) is 2.59. The number of amides is 1. The summed E-state index contributed by atoms with van der Waals surface area (Å²) in [6.45, 7) is 1.60. The number of rotatable bonds is 5. The zero-order chi connectivity index (χ0) is 21.7. The van der Waals surface area contributed by atoms with Crippen molar-refractivity contribution in [3.8, 4) is 11.8 Å². The number of halogens is 2. The number of thiazole rings is 1. The molecule has 152 valence electrons. The van der Waals surface area contributed by atoms with Gasteiger partial charge in [0.25, 0.3) is 5.91 Å². The van der Waals surface area contributed by atoms with Gasteiger partial charge in [0.15, 0.2) is 5.01 Å². The number of carboxylic acids is 1. The molecule has 0 radical (unpaired) electrons. The summed E-state index contributed by atoms with van der Waals surface area (Å²) in [4.78, 5) is 27.7. The normalized spacial score (nSPS) is 10.2. The number of aliphatic carboxylic acids is 1. The van der Waals surface area contributed by atoms with E-state index in [9.17, 15) is 18.4 Å². The third kappa shape index (κ3) is 5.49. The average Bonchev–Trinajstić information content (AvgIpc) is 3.07. The van der Waals surface area contributed by atoms with Crippen LogP contribution in [0.4, 0.5) is 8.78 Å². The lowest BCUT2D eigenvalue weighted by Crippen LogP contribution is -2.23. The van der Waals surface area contributed by atoms with Crippen molar-refractivity contribution >= 4 is 23.2 Å². The molecule has 8 heteroatoms. The molecule has 30 heavy (non-hydrogen) atoms. The van der Waals surface area contributed by atoms with Gasteiger partial charge in [-0.1, -0.05) is 24.1 Å². The van der Waals surface area contributed by atoms with Crippen LogP contribution in [-0.4, -0.2) is 22.0 Å². The van der Waals surface area contributed by atoms with Gasteiger partial charge in [0, 0.05) is 23.7 Å². The first kappa shape index (κ1) is 21.1. The Kier molecular flexibility index (Phi) is 6.54. The van der Waals surface area contributed by atoms with Gasteiger partial charge in [0.05, 0.1) is 12.1 Å². The minimum atomic E-state index is -0.903. The lowest BCUT2D eigenvalue weighted by atomic mass is 10.1. The SMILES string of the molecule is Cc1nc(C#Cc2ccc(CC(=O)O)cc2)sc1C(=O)NCc1ccc(F)cc1F. The van der Waals surface area contributed by atoms with Gasteiger partial charge in [-0.25, -0.2) is 13.8 Å². The molecule has 2 N–H and O–H groups in total. The molecule has 1 heterocycles. The molecule has 3 rings (SSSR count). The predicted octanol–water partition coefficient (Wildman–Crippen LogP) is 3.69. The van der Waals surface area contributed by atoms with Gasteiger partial charge in [-0.15, -0.1) is 11.3 Å². The molecule has 0 aliphatic rings. The highest BCUT2D eigenvalue weighted by molar-refractivity contribution is 7.14. The first-order valence-electron chi connectivity index (χ1n) is 8.84. The zero-order valence-corrected chi connectivity index (χ0v) is 16.6. The van der Waals surface area contributed by atoms with Crippen molar-refractivity contribution in [1.29, 1.82) is 0 Å². The molecule has 0 saturated carbocycles. The van der Waals surface area contributed by atoms with Crippen molar-refractivity contribution in [3.63, 3.8) is 0 Å². The lowest BCUT2D eigenvalue weighted by Gasteiger charge is -2.05. The predicted molar refractivity (Wildman–Crippen MR) is 108 cm³/mol. The van der Waals surface area contributed by atoms with E-state index in [1.807, 2.05) is 0 Å². The van der Waals surface area contributed by atoms with Gasteiger partial charge in [0.2, 0.25) is 0 Å². The Hall–Kier alpha value is -3.57. The van der Waals surface area contributed by atoms with Crippen LogP contribution < -0.4 is 5.32 Å². The Balaban J connectivity index is 1.67. The maximum absolute atomic E-state index is 13.7. The van der Waals surface area contributed by atoms with Crippen molar-refractivity contribution in [2.45, 2.75) is 19.9 Å². The van der Waals surface area contributed by atoms with E-state index in [-0.39, 0.29) is 18.5 Å². The first-order chi connectivity index (χ1) is 14.3. The van der Waals surface area contributed by atoms with E-state index >= 15 is 0 Å². The Morgan fingerprint density at radius 1 is 1.13 bits per heavy atom. The number of benzene rings is 2. The number of carbonyl (C=O) groups is 2. The van der Waals surface area contributed by atoms with Gasteiger partial charge < -0.3 is 10.4 Å². The van der Waals surface area contributed by atoms with E-state index in [0.717, 1.165) is 23.5 Å². The van der Waals surface area contributed by atoms with E-state index in [1.165, 1.54) is 6.07 Å². The van der Waals surface area contributed by atoms with Crippen LogP contribution in [0.1, 0.15) is 37.1 Å². The number of hydrogen-bond acceptors (Lipinski definition) is 4. The van der Waals surface area contributed by atoms with Crippen molar-refractivity contribution in [2.75, 3.05) is 0 Å². The highest BCUT2D eigenvalue weighted by Crippen LogP contribution is 2.18.